The second-order valence-electron chi connectivity index (χ2n) is 5.62. The molecule has 2 fully saturated rings. The highest BCUT2D eigenvalue weighted by Gasteiger charge is 2.23. The molecular weight excluding hydrogens is 212 g/mol. The standard InChI is InChI=1S/C14H28N2O/c1-3-14-10-13(6-9-17-14)15-11-12(2)16-7-4-5-8-16/h12-15H,3-11H2,1-2H3. The van der Waals surface area contributed by atoms with Crippen LogP contribution in [-0.4, -0.2) is 49.3 Å². The molecule has 3 heteroatoms. The molecule has 3 atom stereocenters. The van der Waals surface area contributed by atoms with Crippen molar-refractivity contribution in [3.8, 4) is 0 Å². The minimum absolute atomic E-state index is 0.489. The highest BCUT2D eigenvalue weighted by Crippen LogP contribution is 2.17. The van der Waals surface area contributed by atoms with Gasteiger partial charge in [-0.05, 0) is 52.1 Å². The summed E-state index contributed by atoms with van der Waals surface area (Å²) in [4.78, 5) is 2.61. The third-order valence-electron chi connectivity index (χ3n) is 4.29. The van der Waals surface area contributed by atoms with Crippen molar-refractivity contribution in [3.05, 3.63) is 0 Å². The monoisotopic (exact) mass is 240 g/mol. The van der Waals surface area contributed by atoms with Gasteiger partial charge in [-0.15, -0.1) is 0 Å². The third kappa shape index (κ3) is 3.94. The molecule has 2 aliphatic heterocycles. The van der Waals surface area contributed by atoms with Crippen molar-refractivity contribution in [1.29, 1.82) is 0 Å². The van der Waals surface area contributed by atoms with E-state index in [0.717, 1.165) is 19.6 Å². The Bertz CT molecular complexity index is 216. The maximum absolute atomic E-state index is 5.71. The van der Waals surface area contributed by atoms with Gasteiger partial charge in [0, 0.05) is 25.2 Å². The van der Waals surface area contributed by atoms with Crippen LogP contribution < -0.4 is 5.32 Å². The molecule has 0 aromatic carbocycles. The van der Waals surface area contributed by atoms with Crippen molar-refractivity contribution >= 4 is 0 Å². The zero-order valence-electron chi connectivity index (χ0n) is 11.5. The van der Waals surface area contributed by atoms with Crippen molar-refractivity contribution < 1.29 is 4.74 Å². The van der Waals surface area contributed by atoms with Crippen LogP contribution in [0.3, 0.4) is 0 Å². The molecule has 2 rings (SSSR count). The molecule has 17 heavy (non-hydrogen) atoms. The van der Waals surface area contributed by atoms with Gasteiger partial charge in [-0.3, -0.25) is 4.90 Å². The molecule has 0 bridgehead atoms. The van der Waals surface area contributed by atoms with E-state index in [1.807, 2.05) is 0 Å². The summed E-state index contributed by atoms with van der Waals surface area (Å²) in [6.45, 7) is 9.26. The SMILES string of the molecule is CCC1CC(NCC(C)N2CCCC2)CCO1. The maximum Gasteiger partial charge on any atom is 0.0587 e. The van der Waals surface area contributed by atoms with E-state index >= 15 is 0 Å². The van der Waals surface area contributed by atoms with Crippen LogP contribution in [0, 0.1) is 0 Å². The van der Waals surface area contributed by atoms with Crippen LogP contribution in [0.2, 0.25) is 0 Å². The average molecular weight is 240 g/mol. The van der Waals surface area contributed by atoms with Gasteiger partial charge in [0.1, 0.15) is 0 Å². The molecule has 0 aliphatic carbocycles. The van der Waals surface area contributed by atoms with Crippen molar-refractivity contribution in [3.63, 3.8) is 0 Å². The molecule has 2 aliphatic rings. The van der Waals surface area contributed by atoms with Crippen LogP contribution in [0.5, 0.6) is 0 Å². The number of nitrogens with one attached hydrogen (secondary N) is 1. The molecule has 0 radical (unpaired) electrons. The van der Waals surface area contributed by atoms with Gasteiger partial charge < -0.3 is 10.1 Å². The lowest BCUT2D eigenvalue weighted by atomic mass is 10.0. The number of hydrogen-bond donors (Lipinski definition) is 1. The smallest absolute Gasteiger partial charge is 0.0587 e. The molecule has 0 spiro atoms. The van der Waals surface area contributed by atoms with Gasteiger partial charge in [0.15, 0.2) is 0 Å². The van der Waals surface area contributed by atoms with Gasteiger partial charge in [-0.25, -0.2) is 0 Å². The summed E-state index contributed by atoms with van der Waals surface area (Å²) in [7, 11) is 0. The number of hydrogen-bond acceptors (Lipinski definition) is 3. The van der Waals surface area contributed by atoms with Gasteiger partial charge in [0.25, 0.3) is 0 Å². The Balaban J connectivity index is 1.66. The van der Waals surface area contributed by atoms with Crippen molar-refractivity contribution in [2.45, 2.75) is 64.1 Å². The van der Waals surface area contributed by atoms with E-state index in [0.29, 0.717) is 18.2 Å². The zero-order valence-corrected chi connectivity index (χ0v) is 11.5. The van der Waals surface area contributed by atoms with Crippen LogP contribution >= 0.6 is 0 Å². The minimum atomic E-state index is 0.489. The number of rotatable bonds is 5. The highest BCUT2D eigenvalue weighted by atomic mass is 16.5. The first-order chi connectivity index (χ1) is 8.29. The summed E-state index contributed by atoms with van der Waals surface area (Å²) >= 11 is 0. The molecule has 0 saturated carbocycles. The topological polar surface area (TPSA) is 24.5 Å². The molecular formula is C14H28N2O. The molecule has 1 N–H and O–H groups in total. The van der Waals surface area contributed by atoms with E-state index in [9.17, 15) is 0 Å². The first kappa shape index (κ1) is 13.3. The van der Waals surface area contributed by atoms with Gasteiger partial charge in [-0.2, -0.15) is 0 Å². The van der Waals surface area contributed by atoms with Crippen molar-refractivity contribution in [2.24, 2.45) is 0 Å². The van der Waals surface area contributed by atoms with Crippen LogP contribution in [0.4, 0.5) is 0 Å². The van der Waals surface area contributed by atoms with Crippen LogP contribution in [0.25, 0.3) is 0 Å². The predicted molar refractivity (Wildman–Crippen MR) is 71.3 cm³/mol. The van der Waals surface area contributed by atoms with Gasteiger partial charge in [0.2, 0.25) is 0 Å². The van der Waals surface area contributed by atoms with E-state index < -0.39 is 0 Å². The molecule has 2 heterocycles. The van der Waals surface area contributed by atoms with Crippen LogP contribution in [0.15, 0.2) is 0 Å². The van der Waals surface area contributed by atoms with Gasteiger partial charge in [-0.1, -0.05) is 6.92 Å². The second-order valence-corrected chi connectivity index (χ2v) is 5.62. The summed E-state index contributed by atoms with van der Waals surface area (Å²) in [5, 5.41) is 3.74. The Hall–Kier alpha value is -0.120. The molecule has 100 valence electrons. The second kappa shape index (κ2) is 6.72. The minimum Gasteiger partial charge on any atom is -0.378 e. The quantitative estimate of drug-likeness (QED) is 0.795. The van der Waals surface area contributed by atoms with E-state index in [1.54, 1.807) is 0 Å². The Morgan fingerprint density at radius 2 is 2.12 bits per heavy atom. The predicted octanol–water partition coefficient (Wildman–Crippen LogP) is 2.02. The normalized spacial score (nSPS) is 32.8. The third-order valence-corrected chi connectivity index (χ3v) is 4.29. The lowest BCUT2D eigenvalue weighted by Gasteiger charge is -2.32. The van der Waals surface area contributed by atoms with Crippen LogP contribution in [-0.2, 0) is 4.74 Å². The molecule has 0 aromatic heterocycles. The summed E-state index contributed by atoms with van der Waals surface area (Å²) in [6.07, 6.45) is 6.80. The lowest BCUT2D eigenvalue weighted by Crippen LogP contribution is -2.45. The van der Waals surface area contributed by atoms with Gasteiger partial charge >= 0.3 is 0 Å². The molecule has 0 aromatic rings. The fraction of sp³-hybridized carbons (Fsp3) is 1.00. The zero-order chi connectivity index (χ0) is 12.1. The largest absolute Gasteiger partial charge is 0.378 e. The van der Waals surface area contributed by atoms with E-state index in [1.165, 1.54) is 38.8 Å². The fourth-order valence-electron chi connectivity index (χ4n) is 3.00. The molecule has 3 nitrogen and oxygen atoms in total. The summed E-state index contributed by atoms with van der Waals surface area (Å²) in [5.41, 5.74) is 0. The van der Waals surface area contributed by atoms with E-state index in [-0.39, 0.29) is 0 Å². The first-order valence-electron chi connectivity index (χ1n) is 7.38. The number of likely N-dealkylation sites (tertiary alicyclic amines) is 1. The van der Waals surface area contributed by atoms with Crippen molar-refractivity contribution in [2.75, 3.05) is 26.2 Å². The average Bonchev–Trinajstić information content (AvgIpc) is 2.90. The summed E-state index contributed by atoms with van der Waals surface area (Å²) < 4.78 is 5.71. The summed E-state index contributed by atoms with van der Waals surface area (Å²) in [5.74, 6) is 0. The van der Waals surface area contributed by atoms with E-state index in [2.05, 4.69) is 24.1 Å². The fourth-order valence-corrected chi connectivity index (χ4v) is 3.00. The van der Waals surface area contributed by atoms with Crippen molar-refractivity contribution in [1.82, 2.24) is 10.2 Å². The number of nitrogens with zero attached hydrogens (tertiary/aromatic N) is 1. The molecule has 0 amide bonds. The first-order valence-corrected chi connectivity index (χ1v) is 7.38. The Morgan fingerprint density at radius 1 is 1.35 bits per heavy atom. The summed E-state index contributed by atoms with van der Waals surface area (Å²) in [6, 6.07) is 1.37. The Kier molecular flexibility index (Phi) is 5.26. The van der Waals surface area contributed by atoms with E-state index in [4.69, 9.17) is 4.74 Å². The highest BCUT2D eigenvalue weighted by molar-refractivity contribution is 4.80. The van der Waals surface area contributed by atoms with Crippen LogP contribution in [0.1, 0.15) is 46.0 Å². The Morgan fingerprint density at radius 3 is 2.82 bits per heavy atom. The number of ether oxygens (including phenoxy) is 1. The lowest BCUT2D eigenvalue weighted by molar-refractivity contribution is -0.000889. The maximum atomic E-state index is 5.71. The molecule has 3 unspecified atom stereocenters. The Labute approximate surface area is 106 Å². The molecule has 2 saturated heterocycles. The van der Waals surface area contributed by atoms with Gasteiger partial charge in [0.05, 0.1) is 6.10 Å².